The fraction of sp³-hybridized carbons (Fsp3) is 0.346. The Morgan fingerprint density at radius 3 is 2.76 bits per heavy atom. The second kappa shape index (κ2) is 12.2. The molecule has 0 aliphatic carbocycles. The summed E-state index contributed by atoms with van der Waals surface area (Å²) < 4.78 is 5.14. The fourth-order valence-electron chi connectivity index (χ4n) is 3.92. The van der Waals surface area contributed by atoms with E-state index in [1.807, 2.05) is 24.3 Å². The number of benzene rings is 2. The highest BCUT2D eigenvalue weighted by atomic mass is 35.5. The Balaban J connectivity index is 1.44. The molecule has 2 N–H and O–H groups in total. The topological polar surface area (TPSA) is 112 Å². The highest BCUT2D eigenvalue weighted by Crippen LogP contribution is 2.34. The van der Waals surface area contributed by atoms with E-state index in [0.29, 0.717) is 46.1 Å². The van der Waals surface area contributed by atoms with Gasteiger partial charge < -0.3 is 15.4 Å². The molecule has 2 aliphatic heterocycles. The number of thioether (sulfide) groups is 1. The molecule has 2 heterocycles. The van der Waals surface area contributed by atoms with Crippen LogP contribution in [0.4, 0.5) is 11.4 Å². The van der Waals surface area contributed by atoms with Gasteiger partial charge >= 0.3 is 0 Å². The normalized spacial score (nSPS) is 15.9. The van der Waals surface area contributed by atoms with Crippen LogP contribution in [-0.2, 0) is 14.4 Å². The van der Waals surface area contributed by atoms with Crippen LogP contribution in [0.15, 0.2) is 52.4 Å². The maximum Gasteiger partial charge on any atom is 0.259 e. The molecule has 0 bridgehead atoms. The Bertz CT molecular complexity index is 1270. The lowest BCUT2D eigenvalue weighted by Gasteiger charge is -2.25. The first kappa shape index (κ1) is 26.7. The number of carbonyl (C=O) groups excluding carboxylic acids is 3. The minimum absolute atomic E-state index is 0.0200. The van der Waals surface area contributed by atoms with Crippen molar-refractivity contribution in [1.29, 1.82) is 0 Å². The zero-order valence-electron chi connectivity index (χ0n) is 20.6. The number of ether oxygens (including phenoxy) is 1. The third-order valence-corrected chi connectivity index (χ3v) is 7.05. The van der Waals surface area contributed by atoms with Crippen LogP contribution >= 0.6 is 23.4 Å². The van der Waals surface area contributed by atoms with E-state index in [1.165, 1.54) is 12.0 Å². The van der Waals surface area contributed by atoms with Gasteiger partial charge in [0, 0.05) is 24.2 Å². The van der Waals surface area contributed by atoms with Gasteiger partial charge in [-0.25, -0.2) is 9.89 Å². The Morgan fingerprint density at radius 1 is 1.19 bits per heavy atom. The van der Waals surface area contributed by atoms with E-state index >= 15 is 0 Å². The highest BCUT2D eigenvalue weighted by molar-refractivity contribution is 8.14. The van der Waals surface area contributed by atoms with Crippen molar-refractivity contribution in [2.75, 3.05) is 24.7 Å². The smallest absolute Gasteiger partial charge is 0.259 e. The summed E-state index contributed by atoms with van der Waals surface area (Å²) in [6, 6.07) is 11.7. The largest absolute Gasteiger partial charge is 0.495 e. The van der Waals surface area contributed by atoms with Crippen molar-refractivity contribution < 1.29 is 19.1 Å². The minimum Gasteiger partial charge on any atom is -0.495 e. The van der Waals surface area contributed by atoms with E-state index in [0.717, 1.165) is 30.2 Å². The Labute approximate surface area is 224 Å². The third kappa shape index (κ3) is 6.31. The van der Waals surface area contributed by atoms with Gasteiger partial charge in [0.05, 0.1) is 23.6 Å². The molecule has 0 aromatic heterocycles. The number of hydrogen-bond donors (Lipinski definition) is 2. The summed E-state index contributed by atoms with van der Waals surface area (Å²) in [6.45, 7) is 2.68. The van der Waals surface area contributed by atoms with Crippen LogP contribution in [0.2, 0.25) is 5.02 Å². The predicted molar refractivity (Wildman–Crippen MR) is 147 cm³/mol. The van der Waals surface area contributed by atoms with Gasteiger partial charge in [-0.3, -0.25) is 19.4 Å². The summed E-state index contributed by atoms with van der Waals surface area (Å²) in [5, 5.41) is 6.42. The first-order valence-electron chi connectivity index (χ1n) is 12.0. The second-order valence-corrected chi connectivity index (χ2v) is 9.83. The summed E-state index contributed by atoms with van der Waals surface area (Å²) in [6.07, 6.45) is 2.42. The second-order valence-electron chi connectivity index (χ2n) is 8.48. The van der Waals surface area contributed by atoms with Gasteiger partial charge in [0.15, 0.2) is 5.17 Å². The average Bonchev–Trinajstić information content (AvgIpc) is 3.23. The molecule has 2 aromatic rings. The molecular formula is C26H28ClN5O4S. The van der Waals surface area contributed by atoms with E-state index in [9.17, 15) is 14.4 Å². The van der Waals surface area contributed by atoms with Crippen molar-refractivity contribution in [2.45, 2.75) is 38.6 Å². The van der Waals surface area contributed by atoms with E-state index < -0.39 is 6.04 Å². The highest BCUT2D eigenvalue weighted by Gasteiger charge is 2.41. The van der Waals surface area contributed by atoms with Crippen molar-refractivity contribution in [2.24, 2.45) is 9.98 Å². The van der Waals surface area contributed by atoms with Crippen LogP contribution in [0.1, 0.15) is 38.2 Å². The fourth-order valence-corrected chi connectivity index (χ4v) is 4.98. The monoisotopic (exact) mass is 541 g/mol. The molecule has 0 radical (unpaired) electrons. The van der Waals surface area contributed by atoms with Crippen molar-refractivity contribution >= 4 is 63.5 Å². The molecule has 194 valence electrons. The summed E-state index contributed by atoms with van der Waals surface area (Å²) in [4.78, 5) is 48.9. The molecule has 2 aromatic carbocycles. The maximum atomic E-state index is 13.3. The van der Waals surface area contributed by atoms with Crippen molar-refractivity contribution in [3.05, 3.63) is 53.1 Å². The van der Waals surface area contributed by atoms with Crippen LogP contribution in [0, 0.1) is 0 Å². The van der Waals surface area contributed by atoms with Crippen LogP contribution in [-0.4, -0.2) is 59.1 Å². The number of hydrogen-bond acceptors (Lipinski definition) is 7. The number of amidine groups is 2. The van der Waals surface area contributed by atoms with Gasteiger partial charge in [0.2, 0.25) is 11.8 Å². The molecule has 0 saturated carbocycles. The number of nitrogens with one attached hydrogen (secondary N) is 2. The number of para-hydroxylation sites is 1. The number of halogens is 1. The molecule has 2 aliphatic rings. The average molecular weight is 542 g/mol. The van der Waals surface area contributed by atoms with Crippen LogP contribution in [0.5, 0.6) is 5.75 Å². The Morgan fingerprint density at radius 2 is 2.00 bits per heavy atom. The number of anilines is 1. The van der Waals surface area contributed by atoms with E-state index in [2.05, 4.69) is 27.5 Å². The Hall–Kier alpha value is -3.37. The zero-order chi connectivity index (χ0) is 26.4. The number of aliphatic imine (C=N–C) groups is 2. The number of unbranched alkanes of at least 4 members (excludes halogenated alkanes) is 1. The summed E-state index contributed by atoms with van der Waals surface area (Å²) >= 11 is 7.29. The van der Waals surface area contributed by atoms with Gasteiger partial charge in [-0.2, -0.15) is 0 Å². The zero-order valence-corrected chi connectivity index (χ0v) is 22.2. The van der Waals surface area contributed by atoms with Gasteiger partial charge in [0.25, 0.3) is 5.91 Å². The van der Waals surface area contributed by atoms with Crippen LogP contribution in [0.25, 0.3) is 0 Å². The standard InChI is InChI=1S/C26H28ClN5O4S/c1-3-4-13-28-22(33)12-10-20-25(35)32-24(30-20)17-7-5-6-8-19(17)31-26(32)37-15-23(34)29-16-9-11-21(36-2)18(27)14-16/h5-9,11,14,20H,3-4,10,12-13,15H2,1-2H3,(H,28,33)(H,29,34). The van der Waals surface area contributed by atoms with Crippen molar-refractivity contribution in [1.82, 2.24) is 10.2 Å². The molecule has 0 spiro atoms. The summed E-state index contributed by atoms with van der Waals surface area (Å²) in [5.74, 6) is 0.406. The first-order valence-corrected chi connectivity index (χ1v) is 13.4. The number of rotatable bonds is 10. The predicted octanol–water partition coefficient (Wildman–Crippen LogP) is 4.38. The third-order valence-electron chi connectivity index (χ3n) is 5.81. The minimum atomic E-state index is -0.681. The number of methoxy groups -OCH3 is 1. The lowest BCUT2D eigenvalue weighted by atomic mass is 10.1. The van der Waals surface area contributed by atoms with E-state index in [4.69, 9.17) is 16.3 Å². The molecule has 4 rings (SSSR count). The maximum absolute atomic E-state index is 13.3. The quantitative estimate of drug-likeness (QED) is 0.434. The summed E-state index contributed by atoms with van der Waals surface area (Å²) in [5.41, 5.74) is 1.95. The molecule has 9 nitrogen and oxygen atoms in total. The van der Waals surface area contributed by atoms with Crippen LogP contribution < -0.4 is 15.4 Å². The molecule has 3 amide bonds. The number of fused-ring (bicyclic) bond motifs is 3. The molecule has 1 unspecified atom stereocenters. The van der Waals surface area contributed by atoms with Crippen molar-refractivity contribution in [3.8, 4) is 5.75 Å². The SMILES string of the molecule is CCCCNC(=O)CCC1N=C2c3ccccc3N=C(SCC(=O)Nc3ccc(OC)c(Cl)c3)N2C1=O. The first-order chi connectivity index (χ1) is 17.9. The molecular weight excluding hydrogens is 514 g/mol. The molecule has 11 heteroatoms. The number of amides is 3. The number of nitrogens with zero attached hydrogens (tertiary/aromatic N) is 3. The van der Waals surface area contributed by atoms with E-state index in [-0.39, 0.29) is 29.9 Å². The van der Waals surface area contributed by atoms with Crippen molar-refractivity contribution in [3.63, 3.8) is 0 Å². The molecule has 0 fully saturated rings. The molecule has 0 saturated heterocycles. The Kier molecular flexibility index (Phi) is 8.83. The molecule has 37 heavy (non-hydrogen) atoms. The number of carbonyl (C=O) groups is 3. The van der Waals surface area contributed by atoms with Gasteiger partial charge in [-0.15, -0.1) is 0 Å². The molecule has 1 atom stereocenters. The lowest BCUT2D eigenvalue weighted by Crippen LogP contribution is -2.41. The van der Waals surface area contributed by atoms with Gasteiger partial charge in [0.1, 0.15) is 17.6 Å². The summed E-state index contributed by atoms with van der Waals surface area (Å²) in [7, 11) is 1.52. The van der Waals surface area contributed by atoms with E-state index in [1.54, 1.807) is 18.2 Å². The van der Waals surface area contributed by atoms with Crippen LogP contribution in [0.3, 0.4) is 0 Å². The van der Waals surface area contributed by atoms with Gasteiger partial charge in [-0.05, 0) is 43.2 Å². The van der Waals surface area contributed by atoms with Gasteiger partial charge in [-0.1, -0.05) is 48.8 Å². The lowest BCUT2D eigenvalue weighted by molar-refractivity contribution is -0.125.